The van der Waals surface area contributed by atoms with Crippen molar-refractivity contribution >= 4 is 28.8 Å². The van der Waals surface area contributed by atoms with Crippen LogP contribution >= 0.6 is 0 Å². The number of nitrogens with one attached hydrogen (secondary N) is 1. The lowest BCUT2D eigenvalue weighted by Gasteiger charge is -2.32. The fourth-order valence-corrected chi connectivity index (χ4v) is 3.91. The van der Waals surface area contributed by atoms with Gasteiger partial charge in [-0.25, -0.2) is 14.6 Å². The van der Waals surface area contributed by atoms with Crippen molar-refractivity contribution < 1.29 is 19.1 Å². The minimum absolute atomic E-state index is 0.0194. The summed E-state index contributed by atoms with van der Waals surface area (Å²) >= 11 is 0. The fourth-order valence-electron chi connectivity index (χ4n) is 3.91. The zero-order valence-electron chi connectivity index (χ0n) is 19.3. The van der Waals surface area contributed by atoms with Crippen LogP contribution in [-0.2, 0) is 0 Å². The molecule has 0 saturated carbocycles. The van der Waals surface area contributed by atoms with Gasteiger partial charge in [-0.1, -0.05) is 18.2 Å². The van der Waals surface area contributed by atoms with E-state index >= 15 is 0 Å². The van der Waals surface area contributed by atoms with Gasteiger partial charge in [0, 0.05) is 50.0 Å². The Balaban J connectivity index is 1.26. The van der Waals surface area contributed by atoms with Gasteiger partial charge >= 0.3 is 12.1 Å². The quantitative estimate of drug-likeness (QED) is 0.466. The third-order valence-electron chi connectivity index (χ3n) is 5.79. The number of likely N-dealkylation sites (N-methyl/N-ethyl adjacent to an activating group) is 1. The van der Waals surface area contributed by atoms with Gasteiger partial charge in [0.15, 0.2) is 0 Å². The highest BCUT2D eigenvalue weighted by Crippen LogP contribution is 2.28. The zero-order chi connectivity index (χ0) is 24.2. The summed E-state index contributed by atoms with van der Waals surface area (Å²) in [6.07, 6.45) is 2.69. The maximum absolute atomic E-state index is 13.0. The molecule has 0 unspecified atom stereocenters. The summed E-state index contributed by atoms with van der Waals surface area (Å²) in [6, 6.07) is 19.5. The largest absolute Gasteiger partial charge is 0.457 e. The molecule has 0 radical (unpaired) electrons. The summed E-state index contributed by atoms with van der Waals surface area (Å²) in [7, 11) is 2.06. The number of nitrogens with zero attached hydrogens (tertiary/aromatic N) is 4. The highest BCUT2D eigenvalue weighted by atomic mass is 16.6. The Labute approximate surface area is 202 Å². The van der Waals surface area contributed by atoms with Crippen LogP contribution in [0.4, 0.5) is 15.4 Å². The molecule has 2 amide bonds. The first-order valence-corrected chi connectivity index (χ1v) is 11.3. The number of piperazine rings is 1. The van der Waals surface area contributed by atoms with Gasteiger partial charge in [-0.3, -0.25) is 9.88 Å². The molecular formula is C26H25N5O4. The van der Waals surface area contributed by atoms with Gasteiger partial charge in [-0.05, 0) is 49.5 Å². The zero-order valence-corrected chi connectivity index (χ0v) is 19.3. The van der Waals surface area contributed by atoms with Crippen LogP contribution in [0, 0.1) is 0 Å². The summed E-state index contributed by atoms with van der Waals surface area (Å²) in [6.45, 7) is 3.17. The first-order chi connectivity index (χ1) is 17.0. The van der Waals surface area contributed by atoms with Crippen molar-refractivity contribution in [3.05, 3.63) is 79.1 Å². The molecule has 2 aromatic carbocycles. The minimum Gasteiger partial charge on any atom is -0.457 e. The van der Waals surface area contributed by atoms with E-state index in [1.165, 1.54) is 6.20 Å². The average molecular weight is 472 g/mol. The maximum Gasteiger partial charge on any atom is 0.418 e. The molecule has 1 saturated heterocycles. The van der Waals surface area contributed by atoms with E-state index in [4.69, 9.17) is 9.47 Å². The van der Waals surface area contributed by atoms with Gasteiger partial charge in [0.05, 0.1) is 5.52 Å². The van der Waals surface area contributed by atoms with E-state index in [9.17, 15) is 9.59 Å². The Morgan fingerprint density at radius 1 is 0.886 bits per heavy atom. The third kappa shape index (κ3) is 5.25. The van der Waals surface area contributed by atoms with Gasteiger partial charge in [0.2, 0.25) is 0 Å². The number of fused-ring (bicyclic) bond motifs is 1. The van der Waals surface area contributed by atoms with Gasteiger partial charge in [0.1, 0.15) is 23.1 Å². The van der Waals surface area contributed by atoms with E-state index < -0.39 is 6.09 Å². The van der Waals surface area contributed by atoms with Crippen molar-refractivity contribution in [2.45, 2.75) is 0 Å². The Bertz CT molecular complexity index is 1350. The predicted molar refractivity (Wildman–Crippen MR) is 132 cm³/mol. The number of carbonyl (C=O) groups is 2. The molecular weight excluding hydrogens is 446 g/mol. The normalized spacial score (nSPS) is 14.0. The number of anilines is 1. The van der Waals surface area contributed by atoms with Crippen LogP contribution in [0.25, 0.3) is 10.9 Å². The molecule has 0 spiro atoms. The van der Waals surface area contributed by atoms with Gasteiger partial charge in [-0.2, -0.15) is 0 Å². The van der Waals surface area contributed by atoms with Crippen LogP contribution in [-0.4, -0.2) is 64.7 Å². The van der Waals surface area contributed by atoms with Crippen molar-refractivity contribution in [3.63, 3.8) is 0 Å². The number of hydrogen-bond acceptors (Lipinski definition) is 6. The molecule has 3 heterocycles. The van der Waals surface area contributed by atoms with Crippen molar-refractivity contribution in [1.29, 1.82) is 0 Å². The number of benzene rings is 2. The number of rotatable bonds is 4. The monoisotopic (exact) mass is 471 g/mol. The molecule has 1 N–H and O–H groups in total. The Hall–Kier alpha value is -4.37. The average Bonchev–Trinajstić information content (AvgIpc) is 3.28. The summed E-state index contributed by atoms with van der Waals surface area (Å²) in [5.74, 6) is 1.84. The SMILES string of the molecule is CN1CCN(C(=O)n2ccc3cc(Oc4ccnc(NC(=O)Oc5ccccc5)c4)ccc32)CC1. The first kappa shape index (κ1) is 22.4. The number of carbonyl (C=O) groups excluding carboxylic acids is 2. The summed E-state index contributed by atoms with van der Waals surface area (Å²) in [5.41, 5.74) is 0.821. The number of ether oxygens (including phenoxy) is 2. The van der Waals surface area contributed by atoms with Crippen molar-refractivity contribution in [3.8, 4) is 17.2 Å². The van der Waals surface area contributed by atoms with Gasteiger partial charge < -0.3 is 19.3 Å². The van der Waals surface area contributed by atoms with Crippen LogP contribution < -0.4 is 14.8 Å². The van der Waals surface area contributed by atoms with Crippen LogP contribution in [0.1, 0.15) is 0 Å². The van der Waals surface area contributed by atoms with Crippen molar-refractivity contribution in [2.75, 3.05) is 38.5 Å². The lowest BCUT2D eigenvalue weighted by Crippen LogP contribution is -2.48. The third-order valence-corrected chi connectivity index (χ3v) is 5.79. The highest BCUT2D eigenvalue weighted by Gasteiger charge is 2.21. The lowest BCUT2D eigenvalue weighted by atomic mass is 10.2. The van der Waals surface area contributed by atoms with Gasteiger partial charge in [-0.15, -0.1) is 0 Å². The van der Waals surface area contributed by atoms with Crippen LogP contribution in [0.15, 0.2) is 79.1 Å². The van der Waals surface area contributed by atoms with Crippen LogP contribution in [0.3, 0.4) is 0 Å². The van der Waals surface area contributed by atoms with E-state index in [-0.39, 0.29) is 6.03 Å². The second-order valence-electron chi connectivity index (χ2n) is 8.29. The van der Waals surface area contributed by atoms with Gasteiger partial charge in [0.25, 0.3) is 0 Å². The minimum atomic E-state index is -0.645. The Morgan fingerprint density at radius 3 is 2.46 bits per heavy atom. The Morgan fingerprint density at radius 2 is 1.66 bits per heavy atom. The topological polar surface area (TPSA) is 88.9 Å². The molecule has 1 fully saturated rings. The molecule has 1 aliphatic heterocycles. The second kappa shape index (κ2) is 9.86. The molecule has 0 bridgehead atoms. The van der Waals surface area contributed by atoms with Crippen molar-refractivity contribution in [1.82, 2.24) is 19.4 Å². The lowest BCUT2D eigenvalue weighted by molar-refractivity contribution is 0.156. The fraction of sp³-hybridized carbons (Fsp3) is 0.192. The molecule has 2 aromatic heterocycles. The first-order valence-electron chi connectivity index (χ1n) is 11.3. The van der Waals surface area contributed by atoms with Crippen molar-refractivity contribution in [2.24, 2.45) is 0 Å². The van der Waals surface area contributed by atoms with Crippen LogP contribution in [0.2, 0.25) is 0 Å². The second-order valence-corrected chi connectivity index (χ2v) is 8.29. The number of aromatic nitrogens is 2. The van der Waals surface area contributed by atoms with E-state index in [1.807, 2.05) is 35.2 Å². The number of hydrogen-bond donors (Lipinski definition) is 1. The molecule has 9 heteroatoms. The summed E-state index contributed by atoms with van der Waals surface area (Å²) < 4.78 is 12.9. The molecule has 4 aromatic rings. The van der Waals surface area contributed by atoms with E-state index in [2.05, 4.69) is 22.2 Å². The Kier molecular flexibility index (Phi) is 6.32. The van der Waals surface area contributed by atoms with E-state index in [0.29, 0.717) is 36.2 Å². The number of para-hydroxylation sites is 1. The number of pyridine rings is 1. The molecule has 9 nitrogen and oxygen atoms in total. The standard InChI is InChI=1S/C26H25N5O4/c1-29-13-15-30(16-14-29)26(33)31-12-10-19-17-21(7-8-23(19)31)34-22-9-11-27-24(18-22)28-25(32)35-20-5-3-2-4-6-20/h2-12,17-18H,13-16H2,1H3,(H,27,28,32). The molecule has 178 valence electrons. The summed E-state index contributed by atoms with van der Waals surface area (Å²) in [5, 5.41) is 3.49. The molecule has 0 atom stereocenters. The molecule has 1 aliphatic rings. The number of amides is 2. The molecule has 35 heavy (non-hydrogen) atoms. The predicted octanol–water partition coefficient (Wildman–Crippen LogP) is 4.66. The van der Waals surface area contributed by atoms with Crippen LogP contribution in [0.5, 0.6) is 17.2 Å². The maximum atomic E-state index is 13.0. The molecule has 5 rings (SSSR count). The highest BCUT2D eigenvalue weighted by molar-refractivity contribution is 5.92. The van der Waals surface area contributed by atoms with E-state index in [0.717, 1.165) is 24.0 Å². The smallest absolute Gasteiger partial charge is 0.418 e. The summed E-state index contributed by atoms with van der Waals surface area (Å²) in [4.78, 5) is 33.4. The molecule has 0 aliphatic carbocycles. The van der Waals surface area contributed by atoms with E-state index in [1.54, 1.807) is 47.2 Å².